The molecule has 1 unspecified atom stereocenters. The fraction of sp³-hybridized carbons (Fsp3) is 0.333. The molecule has 1 saturated heterocycles. The van der Waals surface area contributed by atoms with Gasteiger partial charge in [-0.25, -0.2) is 8.78 Å². The van der Waals surface area contributed by atoms with Crippen molar-refractivity contribution >= 4 is 17.4 Å². The fourth-order valence-corrected chi connectivity index (χ4v) is 3.95. The molecule has 164 valence electrons. The van der Waals surface area contributed by atoms with E-state index in [1.807, 2.05) is 0 Å². The van der Waals surface area contributed by atoms with Crippen LogP contribution >= 0.6 is 0 Å². The monoisotopic (exact) mass is 439 g/mol. The number of amides is 1. The van der Waals surface area contributed by atoms with Crippen LogP contribution in [-0.2, 0) is 17.5 Å². The summed E-state index contributed by atoms with van der Waals surface area (Å²) in [5.41, 5.74) is 4.26. The molecule has 2 aromatic heterocycles. The third kappa shape index (κ3) is 3.99. The number of carbonyl (C=O) groups is 1. The Morgan fingerprint density at radius 1 is 1.29 bits per heavy atom. The molecule has 3 heterocycles. The topological polar surface area (TPSA) is 72.4 Å². The molecule has 3 aromatic rings. The lowest BCUT2D eigenvalue weighted by atomic mass is 9.89. The molecule has 4 rings (SSSR count). The highest BCUT2D eigenvalue weighted by Crippen LogP contribution is 2.45. The van der Waals surface area contributed by atoms with Gasteiger partial charge in [0.1, 0.15) is 11.3 Å². The highest BCUT2D eigenvalue weighted by atomic mass is 19.4. The highest BCUT2D eigenvalue weighted by Gasteiger charge is 2.42. The van der Waals surface area contributed by atoms with Crippen molar-refractivity contribution in [1.29, 1.82) is 0 Å². The SMILES string of the molecule is NCc1cc2cc(-c3ncccc3C3CC(F)(F)CCN3C=O)c(C(F)(F)F)cc2o1. The lowest BCUT2D eigenvalue weighted by Gasteiger charge is -2.38. The van der Waals surface area contributed by atoms with Gasteiger partial charge in [0.2, 0.25) is 6.41 Å². The van der Waals surface area contributed by atoms with E-state index in [1.54, 1.807) is 0 Å². The molecule has 10 heteroatoms. The average molecular weight is 439 g/mol. The van der Waals surface area contributed by atoms with Gasteiger partial charge in [0.05, 0.1) is 23.8 Å². The van der Waals surface area contributed by atoms with E-state index >= 15 is 0 Å². The Morgan fingerprint density at radius 3 is 2.74 bits per heavy atom. The van der Waals surface area contributed by atoms with E-state index in [1.165, 1.54) is 35.4 Å². The molecular weight excluding hydrogens is 421 g/mol. The van der Waals surface area contributed by atoms with Crippen molar-refractivity contribution in [2.45, 2.75) is 37.5 Å². The molecule has 1 atom stereocenters. The van der Waals surface area contributed by atoms with Crippen molar-refractivity contribution in [2.24, 2.45) is 5.73 Å². The van der Waals surface area contributed by atoms with Gasteiger partial charge in [-0.15, -0.1) is 0 Å². The van der Waals surface area contributed by atoms with E-state index in [0.717, 1.165) is 6.07 Å². The number of piperidine rings is 1. The van der Waals surface area contributed by atoms with Crippen molar-refractivity contribution in [2.75, 3.05) is 6.54 Å². The molecular formula is C21H18F5N3O2. The number of alkyl halides is 5. The number of nitrogens with two attached hydrogens (primary N) is 1. The number of rotatable bonds is 4. The van der Waals surface area contributed by atoms with Crippen LogP contribution in [0.5, 0.6) is 0 Å². The van der Waals surface area contributed by atoms with Gasteiger partial charge in [-0.2, -0.15) is 13.2 Å². The summed E-state index contributed by atoms with van der Waals surface area (Å²) in [6.07, 6.45) is -4.23. The number of aromatic nitrogens is 1. The van der Waals surface area contributed by atoms with Crippen LogP contribution in [0.15, 0.2) is 40.9 Å². The van der Waals surface area contributed by atoms with Crippen LogP contribution in [0.4, 0.5) is 22.0 Å². The van der Waals surface area contributed by atoms with Gasteiger partial charge < -0.3 is 15.1 Å². The zero-order chi connectivity index (χ0) is 22.4. The number of furan rings is 1. The summed E-state index contributed by atoms with van der Waals surface area (Å²) >= 11 is 0. The Balaban J connectivity index is 1.93. The van der Waals surface area contributed by atoms with Gasteiger partial charge in [-0.1, -0.05) is 6.07 Å². The molecule has 1 aromatic carbocycles. The predicted molar refractivity (Wildman–Crippen MR) is 102 cm³/mol. The zero-order valence-electron chi connectivity index (χ0n) is 16.1. The molecule has 0 saturated carbocycles. The van der Waals surface area contributed by atoms with Crippen molar-refractivity contribution < 1.29 is 31.2 Å². The molecule has 5 nitrogen and oxygen atoms in total. The number of hydrogen-bond donors (Lipinski definition) is 1. The van der Waals surface area contributed by atoms with Gasteiger partial charge in [-0.3, -0.25) is 9.78 Å². The summed E-state index contributed by atoms with van der Waals surface area (Å²) in [6, 6.07) is 5.41. The average Bonchev–Trinajstić information content (AvgIpc) is 3.14. The first-order valence-corrected chi connectivity index (χ1v) is 9.51. The first-order valence-electron chi connectivity index (χ1n) is 9.51. The van der Waals surface area contributed by atoms with E-state index in [0.29, 0.717) is 17.6 Å². The van der Waals surface area contributed by atoms with E-state index in [4.69, 9.17) is 10.2 Å². The lowest BCUT2D eigenvalue weighted by molar-refractivity contribution is -0.137. The molecule has 0 aliphatic carbocycles. The Morgan fingerprint density at radius 2 is 2.06 bits per heavy atom. The minimum Gasteiger partial charge on any atom is -0.460 e. The maximum atomic E-state index is 14.1. The summed E-state index contributed by atoms with van der Waals surface area (Å²) in [5, 5.41) is 0.376. The molecule has 1 aliphatic rings. The van der Waals surface area contributed by atoms with Crippen molar-refractivity contribution in [1.82, 2.24) is 9.88 Å². The van der Waals surface area contributed by atoms with E-state index in [9.17, 15) is 26.7 Å². The van der Waals surface area contributed by atoms with Crippen LogP contribution in [0.25, 0.3) is 22.2 Å². The third-order valence-electron chi connectivity index (χ3n) is 5.43. The van der Waals surface area contributed by atoms with E-state index in [2.05, 4.69) is 4.98 Å². The second-order valence-corrected chi connectivity index (χ2v) is 7.46. The van der Waals surface area contributed by atoms with Crippen LogP contribution in [0.2, 0.25) is 0 Å². The first-order chi connectivity index (χ1) is 14.6. The number of likely N-dealkylation sites (tertiary alicyclic amines) is 1. The summed E-state index contributed by atoms with van der Waals surface area (Å²) in [7, 11) is 0. The van der Waals surface area contributed by atoms with Crippen LogP contribution in [-0.4, -0.2) is 28.8 Å². The molecule has 31 heavy (non-hydrogen) atoms. The number of fused-ring (bicyclic) bond motifs is 1. The van der Waals surface area contributed by atoms with E-state index in [-0.39, 0.29) is 35.5 Å². The van der Waals surface area contributed by atoms with Crippen LogP contribution in [0, 0.1) is 0 Å². The third-order valence-corrected chi connectivity index (χ3v) is 5.43. The van der Waals surface area contributed by atoms with Gasteiger partial charge in [0.25, 0.3) is 5.92 Å². The Labute approximate surface area is 173 Å². The standard InChI is InChI=1S/C21H18F5N3O2/c22-20(23)3-5-29(11-30)17(9-20)14-2-1-4-28-19(14)15-7-12-6-13(10-27)31-18(12)8-16(15)21(24,25)26/h1-2,4,6-8,11,17H,3,5,9-10,27H2. The zero-order valence-corrected chi connectivity index (χ0v) is 16.1. The van der Waals surface area contributed by atoms with Crippen molar-refractivity contribution in [3.05, 3.63) is 53.4 Å². The summed E-state index contributed by atoms with van der Waals surface area (Å²) in [5.74, 6) is -2.74. The normalized spacial score (nSPS) is 19.0. The van der Waals surface area contributed by atoms with Crippen LogP contribution in [0.3, 0.4) is 0 Å². The maximum absolute atomic E-state index is 14.1. The molecule has 2 N–H and O–H groups in total. The Kier molecular flexibility index (Phi) is 5.20. The second kappa shape index (κ2) is 7.60. The van der Waals surface area contributed by atoms with E-state index < -0.39 is 36.5 Å². The van der Waals surface area contributed by atoms with Crippen molar-refractivity contribution in [3.63, 3.8) is 0 Å². The number of carbonyl (C=O) groups excluding carboxylic acids is 1. The van der Waals surface area contributed by atoms with Crippen molar-refractivity contribution in [3.8, 4) is 11.3 Å². The van der Waals surface area contributed by atoms with Gasteiger partial charge in [0, 0.05) is 42.1 Å². The minimum atomic E-state index is -4.76. The number of pyridine rings is 1. The largest absolute Gasteiger partial charge is 0.460 e. The Hall–Kier alpha value is -3.01. The van der Waals surface area contributed by atoms with Crippen LogP contribution in [0.1, 0.15) is 35.8 Å². The molecule has 1 amide bonds. The number of nitrogens with zero attached hydrogens (tertiary/aromatic N) is 2. The minimum absolute atomic E-state index is 0.00561. The van der Waals surface area contributed by atoms with Gasteiger partial charge >= 0.3 is 6.18 Å². The molecule has 0 radical (unpaired) electrons. The number of hydrogen-bond acceptors (Lipinski definition) is 4. The number of halogens is 5. The highest BCUT2D eigenvalue weighted by molar-refractivity contribution is 5.86. The smallest absolute Gasteiger partial charge is 0.417 e. The number of benzene rings is 1. The van der Waals surface area contributed by atoms with Crippen LogP contribution < -0.4 is 5.73 Å². The van der Waals surface area contributed by atoms with Gasteiger partial charge in [-0.05, 0) is 24.3 Å². The van der Waals surface area contributed by atoms with Gasteiger partial charge in [0.15, 0.2) is 0 Å². The summed E-state index contributed by atoms with van der Waals surface area (Å²) < 4.78 is 75.4. The maximum Gasteiger partial charge on any atom is 0.417 e. The lowest BCUT2D eigenvalue weighted by Crippen LogP contribution is -2.41. The molecule has 1 aliphatic heterocycles. The summed E-state index contributed by atoms with van der Waals surface area (Å²) in [4.78, 5) is 16.8. The quantitative estimate of drug-likeness (QED) is 0.464. The molecule has 1 fully saturated rings. The molecule has 0 spiro atoms. The Bertz CT molecular complexity index is 1130. The predicted octanol–water partition coefficient (Wildman–Crippen LogP) is 4.90. The summed E-state index contributed by atoms with van der Waals surface area (Å²) in [6.45, 7) is -0.200. The molecule has 0 bridgehead atoms. The second-order valence-electron chi connectivity index (χ2n) is 7.46. The first kappa shape index (κ1) is 21.2. The fourth-order valence-electron chi connectivity index (χ4n) is 3.95.